The van der Waals surface area contributed by atoms with E-state index in [1.165, 1.54) is 0 Å². The summed E-state index contributed by atoms with van der Waals surface area (Å²) in [6.07, 6.45) is 4.33. The van der Waals surface area contributed by atoms with Gasteiger partial charge in [0.2, 0.25) is 0 Å². The zero-order valence-electron chi connectivity index (χ0n) is 11.4. The van der Waals surface area contributed by atoms with Crippen molar-refractivity contribution < 1.29 is 14.1 Å². The summed E-state index contributed by atoms with van der Waals surface area (Å²) in [4.78, 5) is 22.6. The monoisotopic (exact) mass is 358 g/mol. The number of amides is 1. The Morgan fingerprint density at radius 2 is 2.14 bits per heavy atom. The van der Waals surface area contributed by atoms with Crippen LogP contribution < -0.4 is 5.32 Å². The molecule has 21 heavy (non-hydrogen) atoms. The highest BCUT2D eigenvalue weighted by Gasteiger charge is 2.25. The average Bonchev–Trinajstić information content (AvgIpc) is 2.45. The summed E-state index contributed by atoms with van der Waals surface area (Å²) in [6, 6.07) is 2.89. The number of hydrogen-bond donors (Lipinski definition) is 1. The number of rotatable bonds is 4. The van der Waals surface area contributed by atoms with Crippen molar-refractivity contribution in [3.8, 4) is 0 Å². The highest BCUT2D eigenvalue weighted by molar-refractivity contribution is 9.09. The topological polar surface area (TPSA) is 72.2 Å². The van der Waals surface area contributed by atoms with Gasteiger partial charge in [0.1, 0.15) is 11.4 Å². The second-order valence-electron chi connectivity index (χ2n) is 5.19. The number of carbonyl (C=O) groups excluding carboxylic acids is 1. The number of halogens is 2. The second-order valence-corrected chi connectivity index (χ2v) is 6.37. The minimum absolute atomic E-state index is 0.234. The van der Waals surface area contributed by atoms with Crippen molar-refractivity contribution in [2.75, 3.05) is 6.54 Å². The van der Waals surface area contributed by atoms with Gasteiger partial charge in [-0.15, -0.1) is 0 Å². The van der Waals surface area contributed by atoms with E-state index in [0.717, 1.165) is 43.9 Å². The lowest BCUT2D eigenvalue weighted by molar-refractivity contribution is -0.385. The molecule has 0 bridgehead atoms. The zero-order valence-corrected chi connectivity index (χ0v) is 12.9. The molecule has 0 aromatic heterocycles. The number of alkyl halides is 1. The van der Waals surface area contributed by atoms with E-state index in [9.17, 15) is 19.3 Å². The molecule has 2 atom stereocenters. The Labute approximate surface area is 130 Å². The number of nitro groups is 1. The Hall–Kier alpha value is -1.50. The largest absolute Gasteiger partial charge is 0.351 e. The summed E-state index contributed by atoms with van der Waals surface area (Å²) in [7, 11) is 0. The molecule has 1 aliphatic carbocycles. The van der Waals surface area contributed by atoms with Gasteiger partial charge in [0, 0.05) is 17.4 Å². The molecular formula is C14H16BrFN2O3. The first-order chi connectivity index (χ1) is 9.99. The summed E-state index contributed by atoms with van der Waals surface area (Å²) in [5, 5.41) is 13.6. The molecular weight excluding hydrogens is 343 g/mol. The molecule has 1 amide bonds. The van der Waals surface area contributed by atoms with E-state index in [-0.39, 0.29) is 11.3 Å². The van der Waals surface area contributed by atoms with Crippen LogP contribution in [-0.2, 0) is 0 Å². The molecule has 0 heterocycles. The third-order valence-corrected chi connectivity index (χ3v) is 4.95. The maximum atomic E-state index is 13.2. The fourth-order valence-corrected chi connectivity index (χ4v) is 3.34. The Morgan fingerprint density at radius 1 is 1.43 bits per heavy atom. The van der Waals surface area contributed by atoms with E-state index < -0.39 is 16.6 Å². The van der Waals surface area contributed by atoms with Gasteiger partial charge in [0.15, 0.2) is 0 Å². The molecule has 1 aromatic carbocycles. The predicted molar refractivity (Wildman–Crippen MR) is 80.1 cm³/mol. The fraction of sp³-hybridized carbons (Fsp3) is 0.500. The van der Waals surface area contributed by atoms with Gasteiger partial charge in [-0.05, 0) is 30.9 Å². The van der Waals surface area contributed by atoms with E-state index in [1.54, 1.807) is 0 Å². The molecule has 114 valence electrons. The number of hydrogen-bond acceptors (Lipinski definition) is 3. The summed E-state index contributed by atoms with van der Waals surface area (Å²) in [5.74, 6) is -0.969. The highest BCUT2D eigenvalue weighted by Crippen LogP contribution is 2.29. The number of nitro benzene ring substituents is 1. The van der Waals surface area contributed by atoms with Crippen molar-refractivity contribution in [2.45, 2.75) is 30.5 Å². The molecule has 2 unspecified atom stereocenters. The van der Waals surface area contributed by atoms with Crippen LogP contribution >= 0.6 is 15.9 Å². The van der Waals surface area contributed by atoms with Crippen LogP contribution in [0.3, 0.4) is 0 Å². The van der Waals surface area contributed by atoms with E-state index in [4.69, 9.17) is 0 Å². The normalized spacial score (nSPS) is 21.8. The summed E-state index contributed by atoms with van der Waals surface area (Å²) < 4.78 is 13.2. The van der Waals surface area contributed by atoms with Gasteiger partial charge >= 0.3 is 0 Å². The Balaban J connectivity index is 2.06. The maximum absolute atomic E-state index is 13.2. The molecule has 1 fully saturated rings. The minimum atomic E-state index is -0.678. The molecule has 1 N–H and O–H groups in total. The third kappa shape index (κ3) is 4.00. The van der Waals surface area contributed by atoms with Crippen molar-refractivity contribution >= 4 is 27.5 Å². The number of nitrogens with one attached hydrogen (secondary N) is 1. The lowest BCUT2D eigenvalue weighted by Gasteiger charge is -2.27. The molecule has 1 saturated carbocycles. The molecule has 2 rings (SSSR count). The number of nitrogens with zero attached hydrogens (tertiary/aromatic N) is 1. The van der Waals surface area contributed by atoms with Crippen molar-refractivity contribution in [3.63, 3.8) is 0 Å². The SMILES string of the molecule is O=C(NCC1CCCCC1Br)c1cc(F)ccc1[N+](=O)[O-]. The molecule has 5 nitrogen and oxygen atoms in total. The molecule has 0 spiro atoms. The minimum Gasteiger partial charge on any atom is -0.351 e. The molecule has 7 heteroatoms. The van der Waals surface area contributed by atoms with Gasteiger partial charge in [-0.3, -0.25) is 14.9 Å². The van der Waals surface area contributed by atoms with Gasteiger partial charge in [0.25, 0.3) is 11.6 Å². The molecule has 0 saturated heterocycles. The van der Waals surface area contributed by atoms with Gasteiger partial charge < -0.3 is 5.32 Å². The summed E-state index contributed by atoms with van der Waals surface area (Å²) >= 11 is 3.59. The van der Waals surface area contributed by atoms with Gasteiger partial charge in [-0.25, -0.2) is 4.39 Å². The summed E-state index contributed by atoms with van der Waals surface area (Å²) in [6.45, 7) is 0.433. The molecule has 0 radical (unpaired) electrons. The quantitative estimate of drug-likeness (QED) is 0.509. The maximum Gasteiger partial charge on any atom is 0.282 e. The molecule has 0 aliphatic heterocycles. The highest BCUT2D eigenvalue weighted by atomic mass is 79.9. The van der Waals surface area contributed by atoms with Crippen LogP contribution in [-0.4, -0.2) is 22.2 Å². The smallest absolute Gasteiger partial charge is 0.282 e. The number of benzene rings is 1. The van der Waals surface area contributed by atoms with Crippen molar-refractivity contribution in [3.05, 3.63) is 39.7 Å². The Morgan fingerprint density at radius 3 is 2.81 bits per heavy atom. The molecule has 1 aliphatic rings. The Kier molecular flexibility index (Phi) is 5.27. The van der Waals surface area contributed by atoms with Crippen LogP contribution in [0.4, 0.5) is 10.1 Å². The van der Waals surface area contributed by atoms with Crippen LogP contribution in [0.15, 0.2) is 18.2 Å². The van der Waals surface area contributed by atoms with E-state index in [1.807, 2.05) is 0 Å². The number of carbonyl (C=O) groups is 1. The van der Waals surface area contributed by atoms with E-state index in [0.29, 0.717) is 17.3 Å². The fourth-order valence-electron chi connectivity index (χ4n) is 2.56. The average molecular weight is 359 g/mol. The van der Waals surface area contributed by atoms with E-state index in [2.05, 4.69) is 21.2 Å². The van der Waals surface area contributed by atoms with E-state index >= 15 is 0 Å². The van der Waals surface area contributed by atoms with Gasteiger partial charge in [-0.1, -0.05) is 28.8 Å². The van der Waals surface area contributed by atoms with Crippen LogP contribution in [0.1, 0.15) is 36.0 Å². The zero-order chi connectivity index (χ0) is 15.4. The summed E-state index contributed by atoms with van der Waals surface area (Å²) in [5.41, 5.74) is -0.616. The lowest BCUT2D eigenvalue weighted by atomic mass is 9.89. The van der Waals surface area contributed by atoms with Crippen molar-refractivity contribution in [1.29, 1.82) is 0 Å². The lowest BCUT2D eigenvalue weighted by Crippen LogP contribution is -2.34. The van der Waals surface area contributed by atoms with Crippen LogP contribution in [0.25, 0.3) is 0 Å². The first kappa shape index (κ1) is 15.9. The Bertz CT molecular complexity index is 553. The van der Waals surface area contributed by atoms with Gasteiger partial charge in [0.05, 0.1) is 4.92 Å². The van der Waals surface area contributed by atoms with Crippen LogP contribution in [0.2, 0.25) is 0 Å². The van der Waals surface area contributed by atoms with Crippen LogP contribution in [0.5, 0.6) is 0 Å². The second kappa shape index (κ2) is 6.98. The first-order valence-electron chi connectivity index (χ1n) is 6.85. The first-order valence-corrected chi connectivity index (χ1v) is 7.77. The standard InChI is InChI=1S/C14H16BrFN2O3/c15-12-4-2-1-3-9(12)8-17-14(19)11-7-10(16)5-6-13(11)18(20)21/h5-7,9,12H,1-4,8H2,(H,17,19). The predicted octanol–water partition coefficient (Wildman–Crippen LogP) is 3.42. The van der Waals surface area contributed by atoms with Crippen molar-refractivity contribution in [1.82, 2.24) is 5.32 Å². The molecule has 1 aromatic rings. The van der Waals surface area contributed by atoms with Crippen LogP contribution in [0, 0.1) is 21.8 Å². The van der Waals surface area contributed by atoms with Crippen molar-refractivity contribution in [2.24, 2.45) is 5.92 Å². The van der Waals surface area contributed by atoms with Gasteiger partial charge in [-0.2, -0.15) is 0 Å². The third-order valence-electron chi connectivity index (χ3n) is 3.74.